The molecule has 4 rings (SSSR count). The summed E-state index contributed by atoms with van der Waals surface area (Å²) in [6.07, 6.45) is 2.96. The molecule has 1 fully saturated rings. The molecule has 3 heterocycles. The Labute approximate surface area is 146 Å². The molecule has 1 saturated heterocycles. The molecule has 0 amide bonds. The van der Waals surface area contributed by atoms with Crippen LogP contribution < -0.4 is 4.90 Å². The number of piperidine rings is 1. The minimum absolute atomic E-state index is 0.511. The Morgan fingerprint density at radius 1 is 1.08 bits per heavy atom. The lowest BCUT2D eigenvalue weighted by Gasteiger charge is -2.37. The van der Waals surface area contributed by atoms with Crippen LogP contribution in [0, 0.1) is 6.92 Å². The van der Waals surface area contributed by atoms with Crippen LogP contribution in [0.5, 0.6) is 0 Å². The highest BCUT2D eigenvalue weighted by molar-refractivity contribution is 5.54. The highest BCUT2D eigenvalue weighted by Gasteiger charge is 2.36. The second-order valence-electron chi connectivity index (χ2n) is 6.50. The maximum atomic E-state index is 10.9. The van der Waals surface area contributed by atoms with Gasteiger partial charge in [0.25, 0.3) is 11.8 Å². The summed E-state index contributed by atoms with van der Waals surface area (Å²) >= 11 is 0. The minimum Gasteiger partial charge on any atom is -0.383 e. The van der Waals surface area contributed by atoms with Crippen molar-refractivity contribution in [1.29, 1.82) is 0 Å². The van der Waals surface area contributed by atoms with Crippen molar-refractivity contribution < 1.29 is 9.63 Å². The van der Waals surface area contributed by atoms with Crippen molar-refractivity contribution in [2.45, 2.75) is 25.4 Å². The van der Waals surface area contributed by atoms with Gasteiger partial charge in [0.1, 0.15) is 5.60 Å². The third kappa shape index (κ3) is 3.13. The summed E-state index contributed by atoms with van der Waals surface area (Å²) in [6.45, 7) is 3.30. The van der Waals surface area contributed by atoms with Crippen molar-refractivity contribution in [1.82, 2.24) is 15.1 Å². The fourth-order valence-corrected chi connectivity index (χ4v) is 3.12. The first-order valence-electron chi connectivity index (χ1n) is 8.44. The molecule has 0 atom stereocenters. The highest BCUT2D eigenvalue weighted by atomic mass is 16.5. The largest absolute Gasteiger partial charge is 0.383 e. The van der Waals surface area contributed by atoms with E-state index in [4.69, 9.17) is 4.52 Å². The molecule has 1 aromatic carbocycles. The molecule has 6 nitrogen and oxygen atoms in total. The normalized spacial score (nSPS) is 16.8. The number of pyridine rings is 1. The van der Waals surface area contributed by atoms with Gasteiger partial charge in [-0.05, 0) is 48.7 Å². The molecule has 1 aliphatic rings. The molecular formula is C19H20N4O2. The van der Waals surface area contributed by atoms with E-state index in [0.717, 1.165) is 16.8 Å². The molecule has 2 aromatic heterocycles. The van der Waals surface area contributed by atoms with Crippen LogP contribution in [-0.2, 0) is 5.60 Å². The minimum atomic E-state index is -0.893. The summed E-state index contributed by atoms with van der Waals surface area (Å²) in [4.78, 5) is 10.9. The highest BCUT2D eigenvalue weighted by Crippen LogP contribution is 2.33. The second-order valence-corrected chi connectivity index (χ2v) is 6.50. The molecule has 0 aliphatic carbocycles. The second kappa shape index (κ2) is 6.29. The van der Waals surface area contributed by atoms with E-state index in [-0.39, 0.29) is 0 Å². The smallest absolute Gasteiger partial charge is 0.266 e. The predicted octanol–water partition coefficient (Wildman–Crippen LogP) is 2.93. The zero-order chi connectivity index (χ0) is 17.3. The van der Waals surface area contributed by atoms with Crippen molar-refractivity contribution in [2.24, 2.45) is 0 Å². The van der Waals surface area contributed by atoms with Gasteiger partial charge in [0, 0.05) is 24.8 Å². The number of hydrogen-bond acceptors (Lipinski definition) is 6. The molecule has 6 heteroatoms. The first-order chi connectivity index (χ1) is 12.1. The lowest BCUT2D eigenvalue weighted by Crippen LogP contribution is -2.43. The molecule has 0 spiro atoms. The number of benzene rings is 1. The van der Waals surface area contributed by atoms with E-state index in [2.05, 4.69) is 15.1 Å². The topological polar surface area (TPSA) is 75.3 Å². The van der Waals surface area contributed by atoms with Gasteiger partial charge in [-0.2, -0.15) is 4.98 Å². The Bertz CT molecular complexity index is 837. The molecule has 0 bridgehead atoms. The van der Waals surface area contributed by atoms with Crippen molar-refractivity contribution in [3.63, 3.8) is 0 Å². The molecule has 128 valence electrons. The average Bonchev–Trinajstić information content (AvgIpc) is 3.14. The van der Waals surface area contributed by atoms with Gasteiger partial charge in [-0.3, -0.25) is 4.98 Å². The van der Waals surface area contributed by atoms with Crippen LogP contribution in [-0.4, -0.2) is 33.3 Å². The zero-order valence-electron chi connectivity index (χ0n) is 14.1. The average molecular weight is 336 g/mol. The van der Waals surface area contributed by atoms with Crippen LogP contribution in [0.15, 0.2) is 53.2 Å². The van der Waals surface area contributed by atoms with Crippen LogP contribution in [0.1, 0.15) is 24.1 Å². The Hall–Kier alpha value is -2.73. The molecule has 1 aliphatic heterocycles. The third-order valence-corrected chi connectivity index (χ3v) is 4.70. The van der Waals surface area contributed by atoms with Crippen LogP contribution >= 0.6 is 0 Å². The maximum absolute atomic E-state index is 10.9. The number of hydrogen-bond donors (Lipinski definition) is 1. The Morgan fingerprint density at radius 2 is 1.84 bits per heavy atom. The Balaban J connectivity index is 1.47. The lowest BCUT2D eigenvalue weighted by atomic mass is 9.88. The number of nitrogens with zero attached hydrogens (tertiary/aromatic N) is 4. The number of aromatic nitrogens is 3. The van der Waals surface area contributed by atoms with Gasteiger partial charge >= 0.3 is 0 Å². The van der Waals surface area contributed by atoms with Crippen molar-refractivity contribution in [2.75, 3.05) is 18.0 Å². The van der Waals surface area contributed by atoms with E-state index in [9.17, 15) is 5.11 Å². The molecule has 0 unspecified atom stereocenters. The SMILES string of the molecule is Cc1ccc(C2(O)CCN(c3noc(-c4ccccc4)n3)CC2)nc1. The molecule has 25 heavy (non-hydrogen) atoms. The first kappa shape index (κ1) is 15.8. The number of anilines is 1. The van der Waals surface area contributed by atoms with E-state index in [1.54, 1.807) is 6.20 Å². The van der Waals surface area contributed by atoms with Crippen molar-refractivity contribution in [3.05, 3.63) is 59.9 Å². The van der Waals surface area contributed by atoms with Crippen molar-refractivity contribution in [3.8, 4) is 11.5 Å². The molecule has 3 aromatic rings. The van der Waals surface area contributed by atoms with Crippen LogP contribution in [0.25, 0.3) is 11.5 Å². The zero-order valence-corrected chi connectivity index (χ0v) is 14.1. The van der Waals surface area contributed by atoms with Crippen LogP contribution in [0.3, 0.4) is 0 Å². The fourth-order valence-electron chi connectivity index (χ4n) is 3.12. The number of aliphatic hydroxyl groups is 1. The summed E-state index contributed by atoms with van der Waals surface area (Å²) in [5, 5.41) is 15.0. The molecule has 1 N–H and O–H groups in total. The van der Waals surface area contributed by atoms with Gasteiger partial charge in [-0.15, -0.1) is 0 Å². The third-order valence-electron chi connectivity index (χ3n) is 4.70. The molecular weight excluding hydrogens is 316 g/mol. The fraction of sp³-hybridized carbons (Fsp3) is 0.316. The van der Waals surface area contributed by atoms with Gasteiger partial charge in [-0.25, -0.2) is 0 Å². The van der Waals surface area contributed by atoms with E-state index in [1.807, 2.05) is 54.3 Å². The van der Waals surface area contributed by atoms with Gasteiger partial charge in [0.05, 0.1) is 5.69 Å². The van der Waals surface area contributed by atoms with Crippen molar-refractivity contribution >= 4 is 5.95 Å². The molecule has 0 radical (unpaired) electrons. The lowest BCUT2D eigenvalue weighted by molar-refractivity contribution is 0.00729. The van der Waals surface area contributed by atoms with Crippen LogP contribution in [0.2, 0.25) is 0 Å². The van der Waals surface area contributed by atoms with Gasteiger partial charge in [0.2, 0.25) is 0 Å². The first-order valence-corrected chi connectivity index (χ1v) is 8.44. The summed E-state index contributed by atoms with van der Waals surface area (Å²) < 4.78 is 5.38. The Morgan fingerprint density at radius 3 is 2.52 bits per heavy atom. The number of rotatable bonds is 3. The summed E-state index contributed by atoms with van der Waals surface area (Å²) in [7, 11) is 0. The quantitative estimate of drug-likeness (QED) is 0.792. The van der Waals surface area contributed by atoms with Gasteiger partial charge in [-0.1, -0.05) is 24.3 Å². The van der Waals surface area contributed by atoms with Gasteiger partial charge < -0.3 is 14.5 Å². The van der Waals surface area contributed by atoms with Gasteiger partial charge in [0.15, 0.2) is 0 Å². The van der Waals surface area contributed by atoms with E-state index < -0.39 is 5.60 Å². The maximum Gasteiger partial charge on any atom is 0.266 e. The summed E-state index contributed by atoms with van der Waals surface area (Å²) in [6, 6.07) is 13.6. The summed E-state index contributed by atoms with van der Waals surface area (Å²) in [5.41, 5.74) is 1.83. The van der Waals surface area contributed by atoms with E-state index in [1.165, 1.54) is 0 Å². The standard InChI is InChI=1S/C19H20N4O2/c1-14-7-8-16(20-13-14)19(24)9-11-23(12-10-19)18-21-17(25-22-18)15-5-3-2-4-6-15/h2-8,13,24H,9-12H2,1H3. The van der Waals surface area contributed by atoms with Crippen LogP contribution in [0.4, 0.5) is 5.95 Å². The molecule has 0 saturated carbocycles. The monoisotopic (exact) mass is 336 g/mol. The Kier molecular flexibility index (Phi) is 3.97. The van der Waals surface area contributed by atoms with E-state index in [0.29, 0.717) is 37.8 Å². The predicted molar refractivity (Wildman–Crippen MR) is 94.1 cm³/mol. The number of aryl methyl sites for hydroxylation is 1. The van der Waals surface area contributed by atoms with E-state index >= 15 is 0 Å². The summed E-state index contributed by atoms with van der Waals surface area (Å²) in [5.74, 6) is 1.08.